The molecule has 23 heavy (non-hydrogen) atoms. The quantitative estimate of drug-likeness (QED) is 0.380. The minimum atomic E-state index is -3.50. The van der Waals surface area contributed by atoms with Crippen LogP contribution in [0.1, 0.15) is 40.5 Å². The molecule has 0 heterocycles. The van der Waals surface area contributed by atoms with Crippen LogP contribution in [0.4, 0.5) is 0 Å². The lowest BCUT2D eigenvalue weighted by atomic mass is 10.2. The van der Waals surface area contributed by atoms with Crippen molar-refractivity contribution in [1.29, 1.82) is 0 Å². The van der Waals surface area contributed by atoms with Crippen molar-refractivity contribution in [3.8, 4) is 0 Å². The maximum absolute atomic E-state index is 11.1. The minimum absolute atomic E-state index is 0.0376. The minimum Gasteiger partial charge on any atom is -0.478 e. The van der Waals surface area contributed by atoms with Gasteiger partial charge in [0.05, 0.1) is 17.5 Å². The summed E-state index contributed by atoms with van der Waals surface area (Å²) in [6.07, 6.45) is 9.04. The van der Waals surface area contributed by atoms with Crippen LogP contribution in [-0.4, -0.2) is 39.0 Å². The number of hydrogen-bond acceptors (Lipinski definition) is 4. The second kappa shape index (κ2) is 14.0. The van der Waals surface area contributed by atoms with Crippen LogP contribution in [0.25, 0.3) is 0 Å². The molecule has 0 unspecified atom stereocenters. The molecule has 2 N–H and O–H groups in total. The Kier molecular flexibility index (Phi) is 14.4. The highest BCUT2D eigenvalue weighted by atomic mass is 32.2. The van der Waals surface area contributed by atoms with Crippen molar-refractivity contribution < 1.29 is 23.1 Å². The Hall–Kier alpha value is -1.60. The normalized spacial score (nSPS) is 12.7. The third-order valence-electron chi connectivity index (χ3n) is 2.18. The van der Waals surface area contributed by atoms with E-state index in [1.807, 2.05) is 0 Å². The van der Waals surface area contributed by atoms with Crippen molar-refractivity contribution in [2.24, 2.45) is 0 Å². The van der Waals surface area contributed by atoms with Crippen LogP contribution in [0.2, 0.25) is 0 Å². The highest BCUT2D eigenvalue weighted by molar-refractivity contribution is 7.88. The van der Waals surface area contributed by atoms with Crippen molar-refractivity contribution in [3.63, 3.8) is 0 Å². The Morgan fingerprint density at radius 3 is 1.87 bits per heavy atom. The fraction of sp³-hybridized carbons (Fsp3) is 0.562. The monoisotopic (exact) mass is 347 g/mol. The van der Waals surface area contributed by atoms with Gasteiger partial charge < -0.3 is 9.84 Å². The molecule has 0 aromatic carbocycles. The number of aliphatic carboxylic acids is 1. The molecule has 134 valence electrons. The van der Waals surface area contributed by atoms with E-state index in [1.165, 1.54) is 18.2 Å². The van der Waals surface area contributed by atoms with Crippen LogP contribution < -0.4 is 4.72 Å². The summed E-state index contributed by atoms with van der Waals surface area (Å²) in [5.74, 6) is -1.19. The van der Waals surface area contributed by atoms with Gasteiger partial charge in [0.15, 0.2) is 0 Å². The molecule has 0 aliphatic carbocycles. The van der Waals surface area contributed by atoms with Gasteiger partial charge in [-0.2, -0.15) is 0 Å². The van der Waals surface area contributed by atoms with Gasteiger partial charge in [-0.3, -0.25) is 4.72 Å². The molecular formula is C16H29NO5S. The summed E-state index contributed by atoms with van der Waals surface area (Å²) in [6, 6.07) is 0. The van der Waals surface area contributed by atoms with E-state index in [0.717, 1.165) is 32.3 Å². The Balaban J connectivity index is 0. The number of rotatable bonds is 9. The van der Waals surface area contributed by atoms with Crippen LogP contribution >= 0.6 is 0 Å². The van der Waals surface area contributed by atoms with Crippen molar-refractivity contribution in [1.82, 2.24) is 4.72 Å². The zero-order valence-corrected chi connectivity index (χ0v) is 15.4. The van der Waals surface area contributed by atoms with Gasteiger partial charge in [0.1, 0.15) is 0 Å². The standard InChI is InChI=1S/C10H15NO4S.C6H14O/c1-4-6-8(10(12)13)9(7-5-2)11-16(3,14)15;1-3-5-7-6-4-2/h4-7,11H,1-3H3,(H,12,13);3-6H2,1-2H3/b6-4-,7-5+,9-8-;. The van der Waals surface area contributed by atoms with Crippen LogP contribution in [-0.2, 0) is 19.6 Å². The van der Waals surface area contributed by atoms with Crippen LogP contribution in [0, 0.1) is 0 Å². The summed E-state index contributed by atoms with van der Waals surface area (Å²) in [5, 5.41) is 8.92. The van der Waals surface area contributed by atoms with E-state index in [4.69, 9.17) is 9.84 Å². The van der Waals surface area contributed by atoms with E-state index in [0.29, 0.717) is 0 Å². The molecule has 7 heteroatoms. The lowest BCUT2D eigenvalue weighted by Gasteiger charge is -2.07. The van der Waals surface area contributed by atoms with E-state index in [1.54, 1.807) is 19.9 Å². The Bertz CT molecular complexity index is 515. The molecule has 0 bridgehead atoms. The van der Waals surface area contributed by atoms with Crippen LogP contribution in [0.3, 0.4) is 0 Å². The number of sulfonamides is 1. The molecule has 0 aliphatic rings. The molecule has 0 rings (SSSR count). The van der Waals surface area contributed by atoms with Gasteiger partial charge in [-0.25, -0.2) is 13.2 Å². The van der Waals surface area contributed by atoms with Gasteiger partial charge in [0, 0.05) is 13.2 Å². The van der Waals surface area contributed by atoms with Gasteiger partial charge >= 0.3 is 5.97 Å². The molecule has 0 saturated carbocycles. The number of allylic oxidation sites excluding steroid dienone is 3. The van der Waals surface area contributed by atoms with E-state index in [9.17, 15) is 13.2 Å². The highest BCUT2D eigenvalue weighted by Crippen LogP contribution is 2.07. The number of carboxylic acid groups (broad SMARTS) is 1. The topological polar surface area (TPSA) is 92.7 Å². The molecule has 0 atom stereocenters. The number of nitrogens with one attached hydrogen (secondary N) is 1. The van der Waals surface area contributed by atoms with Crippen molar-refractivity contribution >= 4 is 16.0 Å². The number of carbonyl (C=O) groups is 1. The first-order valence-corrected chi connectivity index (χ1v) is 9.41. The summed E-state index contributed by atoms with van der Waals surface area (Å²) < 4.78 is 29.4. The van der Waals surface area contributed by atoms with Gasteiger partial charge in [-0.1, -0.05) is 26.0 Å². The Morgan fingerprint density at radius 1 is 1.09 bits per heavy atom. The highest BCUT2D eigenvalue weighted by Gasteiger charge is 2.12. The Morgan fingerprint density at radius 2 is 1.57 bits per heavy atom. The fourth-order valence-corrected chi connectivity index (χ4v) is 1.96. The molecule has 0 amide bonds. The Labute approximate surface area is 140 Å². The molecule has 0 aromatic rings. The van der Waals surface area contributed by atoms with Crippen LogP contribution in [0.5, 0.6) is 0 Å². The summed E-state index contributed by atoms with van der Waals surface area (Å²) in [7, 11) is -3.50. The van der Waals surface area contributed by atoms with Crippen molar-refractivity contribution in [3.05, 3.63) is 35.6 Å². The number of ether oxygens (including phenoxy) is 1. The molecule has 0 spiro atoms. The fourth-order valence-electron chi connectivity index (χ4n) is 1.38. The predicted molar refractivity (Wildman–Crippen MR) is 93.7 cm³/mol. The first kappa shape index (κ1) is 23.7. The molecule has 0 fully saturated rings. The zero-order chi connectivity index (χ0) is 18.3. The lowest BCUT2D eigenvalue weighted by molar-refractivity contribution is -0.132. The van der Waals surface area contributed by atoms with E-state index in [2.05, 4.69) is 18.6 Å². The number of carboxylic acids is 1. The average molecular weight is 347 g/mol. The van der Waals surface area contributed by atoms with Crippen LogP contribution in [0.15, 0.2) is 35.6 Å². The molecule has 0 aliphatic heterocycles. The molecule has 6 nitrogen and oxygen atoms in total. The molecule has 0 saturated heterocycles. The molecule has 0 aromatic heterocycles. The second-order valence-electron chi connectivity index (χ2n) is 4.62. The molecular weight excluding hydrogens is 318 g/mol. The first-order valence-electron chi connectivity index (χ1n) is 7.51. The van der Waals surface area contributed by atoms with Gasteiger partial charge in [-0.15, -0.1) is 0 Å². The summed E-state index contributed by atoms with van der Waals surface area (Å²) in [4.78, 5) is 10.9. The third kappa shape index (κ3) is 15.1. The number of hydrogen-bond donors (Lipinski definition) is 2. The lowest BCUT2D eigenvalue weighted by Crippen LogP contribution is -2.23. The van der Waals surface area contributed by atoms with E-state index in [-0.39, 0.29) is 11.3 Å². The third-order valence-corrected chi connectivity index (χ3v) is 2.77. The summed E-state index contributed by atoms with van der Waals surface area (Å²) in [6.45, 7) is 9.41. The molecule has 0 radical (unpaired) electrons. The summed E-state index contributed by atoms with van der Waals surface area (Å²) >= 11 is 0. The van der Waals surface area contributed by atoms with Gasteiger partial charge in [0.25, 0.3) is 0 Å². The van der Waals surface area contributed by atoms with Gasteiger partial charge in [0.2, 0.25) is 10.0 Å². The SMILES string of the molecule is CCCOCCC.C\C=C/C(C(=O)O)=C(\C=C\C)NS(C)(=O)=O. The predicted octanol–water partition coefficient (Wildman–Crippen LogP) is 2.85. The maximum Gasteiger partial charge on any atom is 0.337 e. The zero-order valence-electron chi connectivity index (χ0n) is 14.6. The smallest absolute Gasteiger partial charge is 0.337 e. The largest absolute Gasteiger partial charge is 0.478 e. The first-order chi connectivity index (χ1) is 10.7. The van der Waals surface area contributed by atoms with E-state index >= 15 is 0 Å². The van der Waals surface area contributed by atoms with E-state index < -0.39 is 16.0 Å². The van der Waals surface area contributed by atoms with Crippen molar-refractivity contribution in [2.45, 2.75) is 40.5 Å². The van der Waals surface area contributed by atoms with Crippen molar-refractivity contribution in [2.75, 3.05) is 19.5 Å². The average Bonchev–Trinajstić information content (AvgIpc) is 2.44. The van der Waals surface area contributed by atoms with Gasteiger partial charge in [-0.05, 0) is 38.8 Å². The second-order valence-corrected chi connectivity index (χ2v) is 6.37. The summed E-state index contributed by atoms with van der Waals surface area (Å²) in [5.41, 5.74) is -0.0679. The maximum atomic E-state index is 11.1.